The maximum Gasteiger partial charge on any atom is 0.303 e. The normalized spacial score (nSPS) is 10.6. The van der Waals surface area contributed by atoms with Crippen molar-refractivity contribution < 1.29 is 14.6 Å². The summed E-state index contributed by atoms with van der Waals surface area (Å²) in [7, 11) is 1.61. The van der Waals surface area contributed by atoms with E-state index in [4.69, 9.17) is 9.84 Å². The van der Waals surface area contributed by atoms with Crippen LogP contribution in [0.15, 0.2) is 28.7 Å². The molecular weight excluding hydrogens is 272 g/mol. The van der Waals surface area contributed by atoms with Gasteiger partial charge in [0.25, 0.3) is 0 Å². The molecule has 0 saturated carbocycles. The molecule has 0 aliphatic rings. The molecule has 4 heteroatoms. The van der Waals surface area contributed by atoms with Crippen LogP contribution in [0.3, 0.4) is 0 Å². The highest BCUT2D eigenvalue weighted by Gasteiger charge is 2.02. The number of carboxylic acids is 1. The average molecular weight is 285 g/mol. The smallest absolute Gasteiger partial charge is 0.303 e. The zero-order chi connectivity index (χ0) is 12.0. The van der Waals surface area contributed by atoms with Crippen LogP contribution in [0.25, 0.3) is 6.08 Å². The van der Waals surface area contributed by atoms with Crippen LogP contribution in [-0.2, 0) is 4.79 Å². The predicted molar refractivity (Wildman–Crippen MR) is 66.6 cm³/mol. The molecule has 0 radical (unpaired) electrons. The number of carboxylic acid groups (broad SMARTS) is 1. The van der Waals surface area contributed by atoms with Gasteiger partial charge in [0.15, 0.2) is 0 Å². The highest BCUT2D eigenvalue weighted by molar-refractivity contribution is 9.10. The molecule has 0 bridgehead atoms. The molecule has 0 aromatic heterocycles. The Kier molecular flexibility index (Phi) is 5.05. The zero-order valence-electron chi connectivity index (χ0n) is 8.94. The summed E-state index contributed by atoms with van der Waals surface area (Å²) >= 11 is 3.43. The van der Waals surface area contributed by atoms with Crippen molar-refractivity contribution in [2.24, 2.45) is 0 Å². The van der Waals surface area contributed by atoms with Crippen molar-refractivity contribution in [3.8, 4) is 5.75 Å². The van der Waals surface area contributed by atoms with Gasteiger partial charge in [0.05, 0.1) is 11.6 Å². The maximum atomic E-state index is 10.3. The third kappa shape index (κ3) is 3.70. The van der Waals surface area contributed by atoms with Gasteiger partial charge in [-0.25, -0.2) is 0 Å². The molecule has 1 aromatic rings. The topological polar surface area (TPSA) is 46.5 Å². The Morgan fingerprint density at radius 3 is 2.94 bits per heavy atom. The fraction of sp³-hybridized carbons (Fsp3) is 0.250. The quantitative estimate of drug-likeness (QED) is 0.902. The van der Waals surface area contributed by atoms with Crippen LogP contribution >= 0.6 is 15.9 Å². The molecule has 0 saturated heterocycles. The number of halogens is 1. The van der Waals surface area contributed by atoms with Crippen molar-refractivity contribution in [3.05, 3.63) is 34.3 Å². The molecule has 0 heterocycles. The summed E-state index contributed by atoms with van der Waals surface area (Å²) in [6, 6.07) is 5.68. The number of methoxy groups -OCH3 is 1. The summed E-state index contributed by atoms with van der Waals surface area (Å²) in [6.45, 7) is 0. The van der Waals surface area contributed by atoms with Gasteiger partial charge in [0.1, 0.15) is 5.75 Å². The summed E-state index contributed by atoms with van der Waals surface area (Å²) in [5.74, 6) is -0.0188. The Labute approximate surface area is 103 Å². The number of ether oxygens (including phenoxy) is 1. The van der Waals surface area contributed by atoms with Gasteiger partial charge in [-0.05, 0) is 34.0 Å². The number of hydrogen-bond donors (Lipinski definition) is 1. The number of allylic oxidation sites excluding steroid dienone is 1. The molecular formula is C12H13BrO3. The summed E-state index contributed by atoms with van der Waals surface area (Å²) in [5.41, 5.74) is 0.977. The Morgan fingerprint density at radius 1 is 1.56 bits per heavy atom. The Bertz CT molecular complexity index is 399. The third-order valence-corrected chi connectivity index (χ3v) is 2.88. The number of carbonyl (C=O) groups is 1. The van der Waals surface area contributed by atoms with Gasteiger partial charge in [-0.15, -0.1) is 0 Å². The van der Waals surface area contributed by atoms with Crippen molar-refractivity contribution in [1.82, 2.24) is 0 Å². The van der Waals surface area contributed by atoms with Crippen molar-refractivity contribution in [2.75, 3.05) is 7.11 Å². The van der Waals surface area contributed by atoms with E-state index in [9.17, 15) is 4.79 Å². The molecule has 1 aromatic carbocycles. The van der Waals surface area contributed by atoms with E-state index in [1.165, 1.54) is 0 Å². The molecule has 0 aliphatic heterocycles. The van der Waals surface area contributed by atoms with Crippen LogP contribution in [0.2, 0.25) is 0 Å². The van der Waals surface area contributed by atoms with Gasteiger partial charge in [-0.2, -0.15) is 0 Å². The molecule has 3 nitrogen and oxygen atoms in total. The van der Waals surface area contributed by atoms with E-state index in [0.717, 1.165) is 15.8 Å². The first-order valence-electron chi connectivity index (χ1n) is 4.86. The number of benzene rings is 1. The lowest BCUT2D eigenvalue weighted by molar-refractivity contribution is -0.136. The van der Waals surface area contributed by atoms with Crippen molar-refractivity contribution in [2.45, 2.75) is 12.8 Å². The number of rotatable bonds is 5. The SMILES string of the molecule is COc1cccc(C=CCCC(=O)O)c1Br. The number of aliphatic carboxylic acids is 1. The molecule has 1 rings (SSSR count). The molecule has 16 heavy (non-hydrogen) atoms. The maximum absolute atomic E-state index is 10.3. The monoisotopic (exact) mass is 284 g/mol. The fourth-order valence-corrected chi connectivity index (χ4v) is 1.79. The van der Waals surface area contributed by atoms with E-state index in [0.29, 0.717) is 6.42 Å². The van der Waals surface area contributed by atoms with Gasteiger partial charge in [-0.3, -0.25) is 4.79 Å². The largest absolute Gasteiger partial charge is 0.496 e. The van der Waals surface area contributed by atoms with Gasteiger partial charge in [0.2, 0.25) is 0 Å². The summed E-state index contributed by atoms with van der Waals surface area (Å²) in [4.78, 5) is 10.3. The lowest BCUT2D eigenvalue weighted by atomic mass is 10.2. The van der Waals surface area contributed by atoms with E-state index in [-0.39, 0.29) is 6.42 Å². The zero-order valence-corrected chi connectivity index (χ0v) is 10.5. The Balaban J connectivity index is 2.70. The van der Waals surface area contributed by atoms with Crippen molar-refractivity contribution in [3.63, 3.8) is 0 Å². The summed E-state index contributed by atoms with van der Waals surface area (Å²) < 4.78 is 6.03. The van der Waals surface area contributed by atoms with E-state index in [1.807, 2.05) is 30.4 Å². The lowest BCUT2D eigenvalue weighted by Crippen LogP contribution is -1.91. The van der Waals surface area contributed by atoms with Crippen LogP contribution in [0.5, 0.6) is 5.75 Å². The third-order valence-electron chi connectivity index (χ3n) is 2.04. The summed E-state index contributed by atoms with van der Waals surface area (Å²) in [6.07, 6.45) is 4.40. The van der Waals surface area contributed by atoms with Crippen molar-refractivity contribution in [1.29, 1.82) is 0 Å². The molecule has 0 aliphatic carbocycles. The second kappa shape index (κ2) is 6.33. The lowest BCUT2D eigenvalue weighted by Gasteiger charge is -2.05. The molecule has 0 unspecified atom stereocenters. The van der Waals surface area contributed by atoms with Crippen LogP contribution in [0.1, 0.15) is 18.4 Å². The molecule has 0 spiro atoms. The fourth-order valence-electron chi connectivity index (χ4n) is 1.23. The molecule has 0 atom stereocenters. The predicted octanol–water partition coefficient (Wildman–Crippen LogP) is 3.34. The minimum absolute atomic E-state index is 0.151. The van der Waals surface area contributed by atoms with Gasteiger partial charge < -0.3 is 9.84 Å². The first-order chi connectivity index (χ1) is 7.65. The van der Waals surface area contributed by atoms with Crippen LogP contribution < -0.4 is 4.74 Å². The minimum Gasteiger partial charge on any atom is -0.496 e. The van der Waals surface area contributed by atoms with Crippen molar-refractivity contribution >= 4 is 28.0 Å². The van der Waals surface area contributed by atoms with Crippen LogP contribution in [-0.4, -0.2) is 18.2 Å². The highest BCUT2D eigenvalue weighted by Crippen LogP contribution is 2.29. The first kappa shape index (κ1) is 12.8. The molecule has 86 valence electrons. The first-order valence-corrected chi connectivity index (χ1v) is 5.65. The highest BCUT2D eigenvalue weighted by atomic mass is 79.9. The van der Waals surface area contributed by atoms with E-state index in [2.05, 4.69) is 15.9 Å². The van der Waals surface area contributed by atoms with E-state index >= 15 is 0 Å². The molecule has 0 fully saturated rings. The van der Waals surface area contributed by atoms with Crippen LogP contribution in [0.4, 0.5) is 0 Å². The van der Waals surface area contributed by atoms with E-state index < -0.39 is 5.97 Å². The van der Waals surface area contributed by atoms with Gasteiger partial charge >= 0.3 is 5.97 Å². The van der Waals surface area contributed by atoms with Gasteiger partial charge in [0, 0.05) is 6.42 Å². The summed E-state index contributed by atoms with van der Waals surface area (Å²) in [5, 5.41) is 8.48. The number of hydrogen-bond acceptors (Lipinski definition) is 2. The van der Waals surface area contributed by atoms with Crippen LogP contribution in [0, 0.1) is 0 Å². The Morgan fingerprint density at radius 2 is 2.31 bits per heavy atom. The van der Waals surface area contributed by atoms with Gasteiger partial charge in [-0.1, -0.05) is 24.3 Å². The average Bonchev–Trinajstić information content (AvgIpc) is 2.26. The standard InChI is InChI=1S/C12H13BrO3/c1-16-10-7-4-6-9(12(10)13)5-2-3-8-11(14)15/h2,4-7H,3,8H2,1H3,(H,14,15). The minimum atomic E-state index is -0.783. The second-order valence-corrected chi connectivity index (χ2v) is 3.99. The second-order valence-electron chi connectivity index (χ2n) is 3.20. The Hall–Kier alpha value is -1.29. The van der Waals surface area contributed by atoms with E-state index in [1.54, 1.807) is 7.11 Å². The molecule has 0 amide bonds. The molecule has 1 N–H and O–H groups in total.